The summed E-state index contributed by atoms with van der Waals surface area (Å²) >= 11 is 0. The molecule has 0 aliphatic carbocycles. The SMILES string of the molecule is CCOc1cc(/C=N/Nc2ccc(C(=O)O)cn2)ccc1OCc1ccccc1F. The fourth-order valence-electron chi connectivity index (χ4n) is 2.52. The van der Waals surface area contributed by atoms with Crippen molar-refractivity contribution in [2.75, 3.05) is 12.0 Å². The highest BCUT2D eigenvalue weighted by atomic mass is 19.1. The first-order valence-corrected chi connectivity index (χ1v) is 9.18. The van der Waals surface area contributed by atoms with Crippen LogP contribution in [0, 0.1) is 5.82 Å². The van der Waals surface area contributed by atoms with E-state index in [9.17, 15) is 9.18 Å². The molecule has 8 heteroatoms. The van der Waals surface area contributed by atoms with Crippen LogP contribution >= 0.6 is 0 Å². The molecular formula is C22H20FN3O4. The minimum Gasteiger partial charge on any atom is -0.490 e. The Kier molecular flexibility index (Phi) is 6.94. The number of aromatic carboxylic acids is 1. The van der Waals surface area contributed by atoms with Crippen LogP contribution in [-0.4, -0.2) is 28.9 Å². The number of rotatable bonds is 9. The Hall–Kier alpha value is -3.94. The number of hydrogen-bond donors (Lipinski definition) is 2. The van der Waals surface area contributed by atoms with E-state index in [1.807, 2.05) is 6.92 Å². The largest absolute Gasteiger partial charge is 0.490 e. The number of anilines is 1. The van der Waals surface area contributed by atoms with Gasteiger partial charge in [-0.3, -0.25) is 5.43 Å². The smallest absolute Gasteiger partial charge is 0.337 e. The summed E-state index contributed by atoms with van der Waals surface area (Å²) in [7, 11) is 0. The molecule has 3 rings (SSSR count). The van der Waals surface area contributed by atoms with Crippen LogP contribution in [0.4, 0.5) is 10.2 Å². The van der Waals surface area contributed by atoms with Crippen LogP contribution in [0.3, 0.4) is 0 Å². The zero-order valence-electron chi connectivity index (χ0n) is 16.2. The highest BCUT2D eigenvalue weighted by Crippen LogP contribution is 2.29. The van der Waals surface area contributed by atoms with Crippen LogP contribution in [0.25, 0.3) is 0 Å². The van der Waals surface area contributed by atoms with Gasteiger partial charge < -0.3 is 14.6 Å². The Morgan fingerprint density at radius 3 is 2.70 bits per heavy atom. The molecule has 0 fully saturated rings. The third-order valence-electron chi connectivity index (χ3n) is 4.01. The molecule has 0 saturated carbocycles. The van der Waals surface area contributed by atoms with E-state index in [1.54, 1.807) is 42.6 Å². The Morgan fingerprint density at radius 2 is 2.00 bits per heavy atom. The number of pyridine rings is 1. The third-order valence-corrected chi connectivity index (χ3v) is 4.01. The number of nitrogens with zero attached hydrogens (tertiary/aromatic N) is 2. The van der Waals surface area contributed by atoms with Crippen molar-refractivity contribution < 1.29 is 23.8 Å². The number of aromatic nitrogens is 1. The zero-order valence-corrected chi connectivity index (χ0v) is 16.2. The highest BCUT2D eigenvalue weighted by molar-refractivity contribution is 5.87. The molecule has 154 valence electrons. The van der Waals surface area contributed by atoms with Crippen LogP contribution in [-0.2, 0) is 6.61 Å². The summed E-state index contributed by atoms with van der Waals surface area (Å²) < 4.78 is 25.1. The van der Waals surface area contributed by atoms with Gasteiger partial charge in [0.05, 0.1) is 18.4 Å². The first kappa shape index (κ1) is 20.8. The predicted octanol–water partition coefficient (Wildman–Crippen LogP) is 4.34. The highest BCUT2D eigenvalue weighted by Gasteiger charge is 2.08. The van der Waals surface area contributed by atoms with Gasteiger partial charge in [0.15, 0.2) is 11.5 Å². The van der Waals surface area contributed by atoms with Crippen molar-refractivity contribution in [3.63, 3.8) is 0 Å². The first-order chi connectivity index (χ1) is 14.6. The van der Waals surface area contributed by atoms with Crippen LogP contribution in [0.5, 0.6) is 11.5 Å². The summed E-state index contributed by atoms with van der Waals surface area (Å²) in [4.78, 5) is 14.8. The lowest BCUT2D eigenvalue weighted by Crippen LogP contribution is -2.02. The van der Waals surface area contributed by atoms with Gasteiger partial charge in [0.1, 0.15) is 18.2 Å². The van der Waals surface area contributed by atoms with Gasteiger partial charge in [-0.05, 0) is 48.9 Å². The summed E-state index contributed by atoms with van der Waals surface area (Å²) in [6.45, 7) is 2.38. The van der Waals surface area contributed by atoms with Crippen LogP contribution in [0.1, 0.15) is 28.4 Å². The molecule has 2 aromatic carbocycles. The topological polar surface area (TPSA) is 93.0 Å². The summed E-state index contributed by atoms with van der Waals surface area (Å²) in [5, 5.41) is 13.0. The third kappa shape index (κ3) is 5.54. The van der Waals surface area contributed by atoms with E-state index in [1.165, 1.54) is 24.4 Å². The normalized spacial score (nSPS) is 10.7. The second-order valence-corrected chi connectivity index (χ2v) is 6.13. The fourth-order valence-corrected chi connectivity index (χ4v) is 2.52. The van der Waals surface area contributed by atoms with Crippen molar-refractivity contribution in [2.24, 2.45) is 5.10 Å². The number of ether oxygens (including phenoxy) is 2. The molecule has 30 heavy (non-hydrogen) atoms. The molecule has 0 aliphatic heterocycles. The lowest BCUT2D eigenvalue weighted by Gasteiger charge is -2.13. The van der Waals surface area contributed by atoms with E-state index in [4.69, 9.17) is 14.6 Å². The van der Waals surface area contributed by atoms with Crippen molar-refractivity contribution in [1.29, 1.82) is 0 Å². The number of carboxylic acid groups (broad SMARTS) is 1. The van der Waals surface area contributed by atoms with Crippen molar-refractivity contribution in [2.45, 2.75) is 13.5 Å². The molecule has 0 bridgehead atoms. The second kappa shape index (κ2) is 10.0. The van der Waals surface area contributed by atoms with Crippen LogP contribution < -0.4 is 14.9 Å². The molecule has 7 nitrogen and oxygen atoms in total. The summed E-state index contributed by atoms with van der Waals surface area (Å²) in [5.74, 6) is 0.0533. The van der Waals surface area contributed by atoms with Crippen molar-refractivity contribution >= 4 is 18.0 Å². The molecule has 1 heterocycles. The monoisotopic (exact) mass is 409 g/mol. The van der Waals surface area contributed by atoms with Gasteiger partial charge in [0.2, 0.25) is 0 Å². The Balaban J connectivity index is 1.67. The van der Waals surface area contributed by atoms with E-state index in [0.29, 0.717) is 29.5 Å². The number of halogens is 1. The molecule has 0 unspecified atom stereocenters. The summed E-state index contributed by atoms with van der Waals surface area (Å²) in [6.07, 6.45) is 2.81. The fraction of sp³-hybridized carbons (Fsp3) is 0.136. The molecule has 0 aliphatic rings. The van der Waals surface area contributed by atoms with Crippen molar-refractivity contribution in [3.8, 4) is 11.5 Å². The quantitative estimate of drug-likeness (QED) is 0.403. The molecule has 0 saturated heterocycles. The van der Waals surface area contributed by atoms with Crippen LogP contribution in [0.15, 0.2) is 65.9 Å². The maximum Gasteiger partial charge on any atom is 0.337 e. The molecule has 0 amide bonds. The maximum absolute atomic E-state index is 13.8. The average molecular weight is 409 g/mol. The molecule has 2 N–H and O–H groups in total. The van der Waals surface area contributed by atoms with Gasteiger partial charge in [-0.1, -0.05) is 18.2 Å². The van der Waals surface area contributed by atoms with E-state index >= 15 is 0 Å². The predicted molar refractivity (Wildman–Crippen MR) is 111 cm³/mol. The number of hydrazone groups is 1. The molecule has 0 radical (unpaired) electrons. The minimum atomic E-state index is -1.04. The van der Waals surface area contributed by atoms with E-state index in [0.717, 1.165) is 5.56 Å². The lowest BCUT2D eigenvalue weighted by atomic mass is 10.2. The number of carboxylic acids is 1. The Labute approximate surface area is 172 Å². The first-order valence-electron chi connectivity index (χ1n) is 9.18. The van der Waals surface area contributed by atoms with Crippen LogP contribution in [0.2, 0.25) is 0 Å². The number of hydrogen-bond acceptors (Lipinski definition) is 6. The Bertz CT molecular complexity index is 1040. The number of nitrogens with one attached hydrogen (secondary N) is 1. The van der Waals surface area contributed by atoms with Gasteiger partial charge >= 0.3 is 5.97 Å². The lowest BCUT2D eigenvalue weighted by molar-refractivity contribution is 0.0696. The van der Waals surface area contributed by atoms with Crippen molar-refractivity contribution in [1.82, 2.24) is 4.98 Å². The zero-order chi connectivity index (χ0) is 21.3. The standard InChI is InChI=1S/C22H20FN3O4/c1-2-29-20-11-15(12-25-26-21-10-8-16(13-24-21)22(27)28)7-9-19(20)30-14-17-5-3-4-6-18(17)23/h3-13H,2,14H2,1H3,(H,24,26)(H,27,28)/b25-12+. The van der Waals surface area contributed by atoms with E-state index in [2.05, 4.69) is 15.5 Å². The molecule has 0 spiro atoms. The Morgan fingerprint density at radius 1 is 1.17 bits per heavy atom. The summed E-state index contributed by atoms with van der Waals surface area (Å²) in [6, 6.07) is 14.7. The number of carbonyl (C=O) groups is 1. The van der Waals surface area contributed by atoms with Crippen molar-refractivity contribution in [3.05, 3.63) is 83.3 Å². The molecular weight excluding hydrogens is 389 g/mol. The molecule has 3 aromatic rings. The van der Waals surface area contributed by atoms with E-state index < -0.39 is 5.97 Å². The van der Waals surface area contributed by atoms with Gasteiger partial charge in [0.25, 0.3) is 0 Å². The van der Waals surface area contributed by atoms with E-state index in [-0.39, 0.29) is 18.0 Å². The summed E-state index contributed by atoms with van der Waals surface area (Å²) in [5.41, 5.74) is 4.02. The van der Waals surface area contributed by atoms with Gasteiger partial charge in [0, 0.05) is 11.8 Å². The van der Waals surface area contributed by atoms with Gasteiger partial charge in [-0.25, -0.2) is 14.2 Å². The second-order valence-electron chi connectivity index (χ2n) is 6.13. The maximum atomic E-state index is 13.8. The molecule has 0 atom stereocenters. The minimum absolute atomic E-state index is 0.0831. The van der Waals surface area contributed by atoms with Gasteiger partial charge in [-0.2, -0.15) is 5.10 Å². The molecule has 1 aromatic heterocycles. The average Bonchev–Trinajstić information content (AvgIpc) is 2.75. The number of benzene rings is 2. The van der Waals surface area contributed by atoms with Gasteiger partial charge in [-0.15, -0.1) is 0 Å².